The zero-order valence-electron chi connectivity index (χ0n) is 33.1. The molecule has 0 aromatic carbocycles. The molecule has 4 aliphatic heterocycles. The minimum Gasteiger partial charge on any atom is -0.489 e. The molecular formula is C38H67NO12. The molecule has 4 heterocycles. The van der Waals surface area contributed by atoms with Crippen molar-refractivity contribution in [3.8, 4) is 0 Å². The van der Waals surface area contributed by atoms with Crippen molar-refractivity contribution in [2.45, 2.75) is 186 Å². The third kappa shape index (κ3) is 8.48. The summed E-state index contributed by atoms with van der Waals surface area (Å²) in [4.78, 5) is 16.2. The number of fused-ring (bicyclic) bond motifs is 2. The molecule has 4 N–H and O–H groups in total. The molecule has 13 heteroatoms. The molecule has 4 unspecified atom stereocenters. The molecule has 4 rings (SSSR count). The Kier molecular flexibility index (Phi) is 13.4. The summed E-state index contributed by atoms with van der Waals surface area (Å²) in [6, 6.07) is -0.235. The Bertz CT molecular complexity index is 1230. The normalized spacial score (nSPS) is 48.8. The van der Waals surface area contributed by atoms with Crippen LogP contribution in [-0.4, -0.2) is 137 Å². The summed E-state index contributed by atoms with van der Waals surface area (Å²) in [6.07, 6.45) is -6.71. The number of hydrogen-bond donors (Lipinski definition) is 4. The van der Waals surface area contributed by atoms with Gasteiger partial charge < -0.3 is 58.5 Å². The topological polar surface area (TPSA) is 166 Å². The first-order valence-electron chi connectivity index (χ1n) is 18.8. The second-order valence-electron chi connectivity index (χ2n) is 16.7. The third-order valence-corrected chi connectivity index (χ3v) is 12.1. The van der Waals surface area contributed by atoms with Crippen molar-refractivity contribution in [1.82, 2.24) is 4.90 Å². The van der Waals surface area contributed by atoms with E-state index in [0.717, 1.165) is 5.57 Å². The molecule has 0 amide bonds. The third-order valence-electron chi connectivity index (χ3n) is 12.1. The summed E-state index contributed by atoms with van der Waals surface area (Å²) in [5.41, 5.74) is -3.00. The van der Waals surface area contributed by atoms with Crippen LogP contribution in [0.25, 0.3) is 0 Å². The first-order chi connectivity index (χ1) is 23.6. The maximum atomic E-state index is 14.2. The van der Waals surface area contributed by atoms with Crippen LogP contribution in [-0.2, 0) is 38.0 Å². The largest absolute Gasteiger partial charge is 0.489 e. The number of aliphatic hydroxyl groups is 4. The van der Waals surface area contributed by atoms with E-state index in [1.807, 2.05) is 53.6 Å². The number of cyclic esters (lactones) is 1. The Hall–Kier alpha value is -1.39. The molecule has 296 valence electrons. The monoisotopic (exact) mass is 729 g/mol. The highest BCUT2D eigenvalue weighted by molar-refractivity contribution is 5.73. The summed E-state index contributed by atoms with van der Waals surface area (Å²) in [5.74, 6) is -2.30. The van der Waals surface area contributed by atoms with Gasteiger partial charge in [0.2, 0.25) is 0 Å². The van der Waals surface area contributed by atoms with E-state index in [-0.39, 0.29) is 18.6 Å². The van der Waals surface area contributed by atoms with E-state index in [0.29, 0.717) is 31.4 Å². The number of ether oxygens (including phenoxy) is 7. The second-order valence-corrected chi connectivity index (χ2v) is 16.7. The number of likely N-dealkylation sites (N-methyl/N-ethyl adjacent to an activating group) is 1. The molecule has 0 aromatic heterocycles. The molecule has 51 heavy (non-hydrogen) atoms. The van der Waals surface area contributed by atoms with Crippen molar-refractivity contribution in [2.24, 2.45) is 17.8 Å². The highest BCUT2D eigenvalue weighted by Gasteiger charge is 2.56. The van der Waals surface area contributed by atoms with E-state index in [1.165, 1.54) is 14.0 Å². The molecule has 17 atom stereocenters. The first-order valence-corrected chi connectivity index (χ1v) is 18.8. The Morgan fingerprint density at radius 1 is 0.961 bits per heavy atom. The molecular weight excluding hydrogens is 662 g/mol. The smallest absolute Gasteiger partial charge is 0.311 e. The summed E-state index contributed by atoms with van der Waals surface area (Å²) >= 11 is 0. The van der Waals surface area contributed by atoms with Gasteiger partial charge in [-0.3, -0.25) is 4.79 Å². The minimum absolute atomic E-state index is 0.174. The molecule has 2 bridgehead atoms. The highest BCUT2D eigenvalue weighted by atomic mass is 16.7. The van der Waals surface area contributed by atoms with Gasteiger partial charge >= 0.3 is 5.97 Å². The van der Waals surface area contributed by atoms with Gasteiger partial charge in [0.1, 0.15) is 41.4 Å². The van der Waals surface area contributed by atoms with Crippen molar-refractivity contribution in [2.75, 3.05) is 21.2 Å². The molecule has 0 aromatic rings. The number of methoxy groups -OCH3 is 1. The zero-order valence-corrected chi connectivity index (χ0v) is 33.1. The van der Waals surface area contributed by atoms with E-state index >= 15 is 0 Å². The van der Waals surface area contributed by atoms with Crippen molar-refractivity contribution in [3.05, 3.63) is 11.3 Å². The Morgan fingerprint density at radius 2 is 1.61 bits per heavy atom. The molecule has 4 aliphatic rings. The van der Waals surface area contributed by atoms with Gasteiger partial charge in [0, 0.05) is 37.8 Å². The molecule has 3 saturated heterocycles. The second kappa shape index (κ2) is 16.1. The van der Waals surface area contributed by atoms with E-state index in [9.17, 15) is 25.2 Å². The van der Waals surface area contributed by atoms with Crippen LogP contribution in [0.15, 0.2) is 11.3 Å². The van der Waals surface area contributed by atoms with E-state index in [4.69, 9.17) is 33.2 Å². The lowest BCUT2D eigenvalue weighted by atomic mass is 9.78. The fourth-order valence-electron chi connectivity index (χ4n) is 8.84. The van der Waals surface area contributed by atoms with Crippen molar-refractivity contribution >= 4 is 5.97 Å². The van der Waals surface area contributed by atoms with Crippen molar-refractivity contribution in [3.63, 3.8) is 0 Å². The maximum absolute atomic E-state index is 14.2. The van der Waals surface area contributed by atoms with Crippen LogP contribution >= 0.6 is 0 Å². The van der Waals surface area contributed by atoms with E-state index < -0.39 is 95.8 Å². The van der Waals surface area contributed by atoms with Crippen molar-refractivity contribution in [1.29, 1.82) is 0 Å². The molecule has 0 spiro atoms. The molecule has 3 fully saturated rings. The number of carbonyl (C=O) groups excluding carboxylic acids is 1. The Morgan fingerprint density at radius 3 is 2.20 bits per heavy atom. The summed E-state index contributed by atoms with van der Waals surface area (Å²) in [7, 11) is 5.35. The average molecular weight is 730 g/mol. The summed E-state index contributed by atoms with van der Waals surface area (Å²) < 4.78 is 44.8. The van der Waals surface area contributed by atoms with Crippen LogP contribution in [0.1, 0.15) is 101 Å². The number of carbonyl (C=O) groups is 1. The van der Waals surface area contributed by atoms with Gasteiger partial charge in [-0.05, 0) is 81.0 Å². The predicted octanol–water partition coefficient (Wildman–Crippen LogP) is 3.28. The number of nitrogens with zero attached hydrogens (tertiary/aromatic N) is 1. The van der Waals surface area contributed by atoms with Gasteiger partial charge in [-0.2, -0.15) is 0 Å². The molecule has 0 saturated carbocycles. The van der Waals surface area contributed by atoms with Gasteiger partial charge in [-0.15, -0.1) is 0 Å². The number of rotatable bonds is 8. The van der Waals surface area contributed by atoms with Crippen LogP contribution in [0.3, 0.4) is 0 Å². The Labute approximate surface area is 304 Å². The summed E-state index contributed by atoms with van der Waals surface area (Å²) in [6.45, 7) is 18.2. The quantitative estimate of drug-likeness (QED) is 0.269. The van der Waals surface area contributed by atoms with Gasteiger partial charge in [-0.25, -0.2) is 0 Å². The predicted molar refractivity (Wildman–Crippen MR) is 188 cm³/mol. The lowest BCUT2D eigenvalue weighted by Crippen LogP contribution is -2.60. The Balaban J connectivity index is 1.85. The highest BCUT2D eigenvalue weighted by Crippen LogP contribution is 2.47. The van der Waals surface area contributed by atoms with Crippen molar-refractivity contribution < 1.29 is 58.4 Å². The fourth-order valence-corrected chi connectivity index (χ4v) is 8.84. The molecule has 13 nitrogen and oxygen atoms in total. The average Bonchev–Trinajstić information content (AvgIpc) is 3.38. The van der Waals surface area contributed by atoms with Gasteiger partial charge in [-0.1, -0.05) is 27.2 Å². The lowest BCUT2D eigenvalue weighted by molar-refractivity contribution is -0.316. The first kappa shape index (κ1) is 42.4. The van der Waals surface area contributed by atoms with E-state index in [2.05, 4.69) is 0 Å². The SMILES string of the molecule is CCCC1OC(=O)[C@H](C)[C@@H](OC2C[C@@](C)(OC)C(O)[C@H](C)O2)[C@H](C)[C@@H](OC2O[C@H](C)C[C@H](N(C)C)[C@H]2O)[C@@]2(C)CC(C)=C(O2)[C@H](C)[C@@H](O)[C@]1(C)O. The van der Waals surface area contributed by atoms with Gasteiger partial charge in [0.05, 0.1) is 35.9 Å². The lowest BCUT2D eigenvalue weighted by Gasteiger charge is -2.48. The van der Waals surface area contributed by atoms with Crippen LogP contribution in [0.4, 0.5) is 0 Å². The van der Waals surface area contributed by atoms with Gasteiger partial charge in [0.25, 0.3) is 0 Å². The standard InChI is InChI=1S/C38H67NO12/c1-14-15-26-38(10,44)31(41)21(4)29-19(2)17-37(9,51-29)33(50-35-28(40)25(39(11)12)16-20(3)46-35)22(5)30(23(6)34(43)48-26)49-27-18-36(8,45-13)32(42)24(7)47-27/h20-28,30-33,35,40-42,44H,14-18H2,1-13H3/t20-,21+,22+,23-,24+,25+,26?,27?,28-,30+,31-,32?,33-,35?,36-,37-,38-/m1/s1. The molecule has 0 radical (unpaired) electrons. The number of esters is 1. The number of aliphatic hydroxyl groups excluding tert-OH is 3. The van der Waals surface area contributed by atoms with Gasteiger partial charge in [0.15, 0.2) is 12.6 Å². The van der Waals surface area contributed by atoms with Crippen LogP contribution < -0.4 is 0 Å². The summed E-state index contributed by atoms with van der Waals surface area (Å²) in [5, 5.41) is 46.1. The maximum Gasteiger partial charge on any atom is 0.311 e. The minimum atomic E-state index is -1.82. The van der Waals surface area contributed by atoms with Crippen LogP contribution in [0.5, 0.6) is 0 Å². The molecule has 0 aliphatic carbocycles. The number of hydrogen-bond acceptors (Lipinski definition) is 13. The van der Waals surface area contributed by atoms with E-state index in [1.54, 1.807) is 27.7 Å². The zero-order chi connectivity index (χ0) is 38.4. The van der Waals surface area contributed by atoms with Crippen LogP contribution in [0.2, 0.25) is 0 Å². The van der Waals surface area contributed by atoms with Crippen LogP contribution in [0, 0.1) is 17.8 Å². The fraction of sp³-hybridized carbons (Fsp3) is 0.921.